The lowest BCUT2D eigenvalue weighted by molar-refractivity contribution is 0.804. The van der Waals surface area contributed by atoms with Crippen molar-refractivity contribution in [2.45, 2.75) is 19.8 Å². The molecule has 19 heavy (non-hydrogen) atoms. The number of nitriles is 1. The summed E-state index contributed by atoms with van der Waals surface area (Å²) < 4.78 is 0. The first-order valence-corrected chi connectivity index (χ1v) is 6.50. The number of aryl methyl sites for hydroxylation is 1. The minimum absolute atomic E-state index is 0.436. The number of rotatable bonds is 4. The van der Waals surface area contributed by atoms with E-state index in [0.29, 0.717) is 11.5 Å². The molecule has 0 saturated heterocycles. The standard InChI is InChI=1S/C17H18N2/c1-13-8-9-15(11-18)10-17(13)19-12-14(2)16-6-4-3-5-7-16/h3-10,14,19H,12H2,1-2H3. The number of benzene rings is 2. The van der Waals surface area contributed by atoms with Crippen molar-refractivity contribution in [1.29, 1.82) is 5.26 Å². The van der Waals surface area contributed by atoms with Crippen LogP contribution in [0.3, 0.4) is 0 Å². The van der Waals surface area contributed by atoms with E-state index in [0.717, 1.165) is 12.2 Å². The summed E-state index contributed by atoms with van der Waals surface area (Å²) in [4.78, 5) is 0. The number of hydrogen-bond acceptors (Lipinski definition) is 2. The van der Waals surface area contributed by atoms with E-state index in [1.54, 1.807) is 0 Å². The molecule has 2 nitrogen and oxygen atoms in total. The fourth-order valence-electron chi connectivity index (χ4n) is 2.04. The molecule has 0 aromatic heterocycles. The fraction of sp³-hybridized carbons (Fsp3) is 0.235. The summed E-state index contributed by atoms with van der Waals surface area (Å²) in [5.41, 5.74) is 4.23. The molecule has 0 fully saturated rings. The summed E-state index contributed by atoms with van der Waals surface area (Å²) in [6, 6.07) is 18.4. The van der Waals surface area contributed by atoms with Gasteiger partial charge in [0.2, 0.25) is 0 Å². The summed E-state index contributed by atoms with van der Waals surface area (Å²) in [6.45, 7) is 5.11. The van der Waals surface area contributed by atoms with E-state index in [1.165, 1.54) is 11.1 Å². The Balaban J connectivity index is 2.05. The van der Waals surface area contributed by atoms with Crippen molar-refractivity contribution in [3.05, 3.63) is 65.2 Å². The van der Waals surface area contributed by atoms with Crippen LogP contribution >= 0.6 is 0 Å². The summed E-state index contributed by atoms with van der Waals surface area (Å²) in [5.74, 6) is 0.436. The molecular weight excluding hydrogens is 232 g/mol. The van der Waals surface area contributed by atoms with Gasteiger partial charge in [-0.3, -0.25) is 0 Å². The molecule has 0 bridgehead atoms. The normalized spacial score (nSPS) is 11.6. The van der Waals surface area contributed by atoms with E-state index < -0.39 is 0 Å². The first kappa shape index (κ1) is 13.2. The fourth-order valence-corrected chi connectivity index (χ4v) is 2.04. The largest absolute Gasteiger partial charge is 0.384 e. The summed E-state index contributed by atoms with van der Waals surface area (Å²) in [5, 5.41) is 12.4. The van der Waals surface area contributed by atoms with Crippen LogP contribution in [0.2, 0.25) is 0 Å². The van der Waals surface area contributed by atoms with E-state index in [2.05, 4.69) is 49.5 Å². The van der Waals surface area contributed by atoms with E-state index in [4.69, 9.17) is 5.26 Å². The second kappa shape index (κ2) is 6.06. The maximum absolute atomic E-state index is 8.93. The van der Waals surface area contributed by atoms with Gasteiger partial charge in [0.05, 0.1) is 11.6 Å². The van der Waals surface area contributed by atoms with Gasteiger partial charge in [-0.15, -0.1) is 0 Å². The predicted octanol–water partition coefficient (Wildman–Crippen LogP) is 4.08. The minimum atomic E-state index is 0.436. The molecule has 0 amide bonds. The Labute approximate surface area is 114 Å². The molecule has 0 aliphatic rings. The van der Waals surface area contributed by atoms with Gasteiger partial charge >= 0.3 is 0 Å². The van der Waals surface area contributed by atoms with Crippen molar-refractivity contribution in [1.82, 2.24) is 0 Å². The van der Waals surface area contributed by atoms with Crippen LogP contribution in [-0.4, -0.2) is 6.54 Å². The molecule has 0 radical (unpaired) electrons. The van der Waals surface area contributed by atoms with E-state index in [1.807, 2.05) is 24.3 Å². The summed E-state index contributed by atoms with van der Waals surface area (Å²) in [7, 11) is 0. The maximum Gasteiger partial charge on any atom is 0.0992 e. The average molecular weight is 250 g/mol. The molecule has 96 valence electrons. The molecule has 2 rings (SSSR count). The van der Waals surface area contributed by atoms with Crippen molar-refractivity contribution >= 4 is 5.69 Å². The second-order valence-electron chi connectivity index (χ2n) is 4.83. The highest BCUT2D eigenvalue weighted by Crippen LogP contribution is 2.19. The lowest BCUT2D eigenvalue weighted by Crippen LogP contribution is -2.10. The summed E-state index contributed by atoms with van der Waals surface area (Å²) in [6.07, 6.45) is 0. The van der Waals surface area contributed by atoms with Gasteiger partial charge < -0.3 is 5.32 Å². The van der Waals surface area contributed by atoms with Crippen molar-refractivity contribution in [3.8, 4) is 6.07 Å². The highest BCUT2D eigenvalue weighted by molar-refractivity contribution is 5.55. The molecule has 0 saturated carbocycles. The Morgan fingerprint density at radius 1 is 1.16 bits per heavy atom. The third-order valence-electron chi connectivity index (χ3n) is 3.33. The van der Waals surface area contributed by atoms with Crippen molar-refractivity contribution in [2.75, 3.05) is 11.9 Å². The van der Waals surface area contributed by atoms with Gasteiger partial charge in [-0.1, -0.05) is 43.3 Å². The van der Waals surface area contributed by atoms with E-state index >= 15 is 0 Å². The van der Waals surface area contributed by atoms with Gasteiger partial charge in [0.1, 0.15) is 0 Å². The zero-order chi connectivity index (χ0) is 13.7. The lowest BCUT2D eigenvalue weighted by Gasteiger charge is -2.15. The van der Waals surface area contributed by atoms with Gasteiger partial charge in [0.25, 0.3) is 0 Å². The molecule has 2 heteroatoms. The molecule has 1 N–H and O–H groups in total. The maximum atomic E-state index is 8.93. The van der Waals surface area contributed by atoms with Crippen LogP contribution in [0.15, 0.2) is 48.5 Å². The molecule has 1 atom stereocenters. The third-order valence-corrected chi connectivity index (χ3v) is 3.33. The third kappa shape index (κ3) is 3.35. The number of nitrogens with one attached hydrogen (secondary N) is 1. The number of anilines is 1. The number of hydrogen-bond donors (Lipinski definition) is 1. The molecule has 0 aliphatic carbocycles. The van der Waals surface area contributed by atoms with E-state index in [-0.39, 0.29) is 0 Å². The Bertz CT molecular complexity index is 582. The van der Waals surface area contributed by atoms with Crippen molar-refractivity contribution in [3.63, 3.8) is 0 Å². The lowest BCUT2D eigenvalue weighted by atomic mass is 10.0. The second-order valence-corrected chi connectivity index (χ2v) is 4.83. The number of nitrogens with zero attached hydrogens (tertiary/aromatic N) is 1. The van der Waals surface area contributed by atoms with Crippen LogP contribution in [0, 0.1) is 18.3 Å². The van der Waals surface area contributed by atoms with Crippen LogP contribution in [0.1, 0.15) is 29.5 Å². The zero-order valence-electron chi connectivity index (χ0n) is 11.4. The van der Waals surface area contributed by atoms with E-state index in [9.17, 15) is 0 Å². The molecule has 0 aliphatic heterocycles. The molecule has 0 spiro atoms. The zero-order valence-corrected chi connectivity index (χ0v) is 11.4. The monoisotopic (exact) mass is 250 g/mol. The summed E-state index contributed by atoms with van der Waals surface area (Å²) >= 11 is 0. The van der Waals surface area contributed by atoms with Crippen LogP contribution in [0.25, 0.3) is 0 Å². The first-order chi connectivity index (χ1) is 9.20. The quantitative estimate of drug-likeness (QED) is 0.887. The van der Waals surface area contributed by atoms with Crippen LogP contribution < -0.4 is 5.32 Å². The van der Waals surface area contributed by atoms with Gasteiger partial charge in [0.15, 0.2) is 0 Å². The Hall–Kier alpha value is -2.27. The molecule has 2 aromatic carbocycles. The van der Waals surface area contributed by atoms with Crippen LogP contribution in [-0.2, 0) is 0 Å². The minimum Gasteiger partial charge on any atom is -0.384 e. The SMILES string of the molecule is Cc1ccc(C#N)cc1NCC(C)c1ccccc1. The highest BCUT2D eigenvalue weighted by Gasteiger charge is 2.06. The Morgan fingerprint density at radius 3 is 2.58 bits per heavy atom. The smallest absolute Gasteiger partial charge is 0.0992 e. The highest BCUT2D eigenvalue weighted by atomic mass is 14.9. The van der Waals surface area contributed by atoms with Crippen LogP contribution in [0.4, 0.5) is 5.69 Å². The van der Waals surface area contributed by atoms with Crippen molar-refractivity contribution in [2.24, 2.45) is 0 Å². The Morgan fingerprint density at radius 2 is 1.89 bits per heavy atom. The first-order valence-electron chi connectivity index (χ1n) is 6.50. The van der Waals surface area contributed by atoms with Gasteiger partial charge in [-0.2, -0.15) is 5.26 Å². The van der Waals surface area contributed by atoms with Gasteiger partial charge in [0, 0.05) is 12.2 Å². The molecular formula is C17H18N2. The van der Waals surface area contributed by atoms with Crippen molar-refractivity contribution < 1.29 is 0 Å². The van der Waals surface area contributed by atoms with Gasteiger partial charge in [-0.05, 0) is 36.1 Å². The predicted molar refractivity (Wildman–Crippen MR) is 79.2 cm³/mol. The molecule has 1 unspecified atom stereocenters. The molecule has 0 heterocycles. The Kier molecular flexibility index (Phi) is 4.20. The van der Waals surface area contributed by atoms with Crippen LogP contribution in [0.5, 0.6) is 0 Å². The topological polar surface area (TPSA) is 35.8 Å². The molecule has 2 aromatic rings. The average Bonchev–Trinajstić information content (AvgIpc) is 2.47. The van der Waals surface area contributed by atoms with Gasteiger partial charge in [-0.25, -0.2) is 0 Å².